The number of imide groups is 1. The average Bonchev–Trinajstić information content (AvgIpc) is 3.77. The Kier molecular flexibility index (Phi) is 14.4. The molecule has 2 atom stereocenters. The Morgan fingerprint density at radius 3 is 2.35 bits per heavy atom. The number of aromatic nitrogens is 5. The molecule has 17 nitrogen and oxygen atoms in total. The largest absolute Gasteiger partial charge is 0.491 e. The van der Waals surface area contributed by atoms with Gasteiger partial charge >= 0.3 is 0 Å². The van der Waals surface area contributed by atoms with Crippen LogP contribution >= 0.6 is 22.9 Å². The standard InChI is InChI=1S/C46H48ClN9O8S/c1-27-28(2)65-46-40(27)42(30-7-9-32(47)10-8-30)51-36(43-54-53-29(3)55(43)46)25-39(58)50-33-11-13-34(14-12-33)64-24-23-63-22-21-62-20-19-61-18-17-48-35-6-4-5-31-26-49-56(45(60)41(31)35)37-15-16-38(57)52-44(37)59/h4-14,26,36-37,48H,15-25H2,1-3H3,(H,50,58)(H,52,57,59)/t36-,37?/m0/s1. The molecule has 3 amide bonds. The monoisotopic (exact) mass is 921 g/mol. The van der Waals surface area contributed by atoms with Crippen molar-refractivity contribution in [3.05, 3.63) is 122 Å². The number of nitrogens with one attached hydrogen (secondary N) is 3. The number of benzene rings is 3. The SMILES string of the molecule is Cc1sc2c(c1C)C(c1ccc(Cl)cc1)=N[C@@H](CC(=O)Nc1ccc(OCCOCCOCCOCCNc3cccc4cnn(C5CCC(=O)NC5=O)c(=O)c34)cc1)c1nnc(C)n1-2. The normalized spacial score (nSPS) is 15.8. The first kappa shape index (κ1) is 45.3. The molecule has 0 spiro atoms. The zero-order valence-electron chi connectivity index (χ0n) is 36.1. The van der Waals surface area contributed by atoms with Gasteiger partial charge in [0.2, 0.25) is 11.8 Å². The van der Waals surface area contributed by atoms with Crippen molar-refractivity contribution in [2.24, 2.45) is 4.99 Å². The molecule has 2 aliphatic heterocycles. The average molecular weight is 922 g/mol. The Bertz CT molecular complexity index is 2790. The molecule has 3 aromatic heterocycles. The predicted octanol–water partition coefficient (Wildman–Crippen LogP) is 6.06. The second kappa shape index (κ2) is 20.7. The van der Waals surface area contributed by atoms with Crippen molar-refractivity contribution in [2.45, 2.75) is 52.1 Å². The maximum Gasteiger partial charge on any atom is 0.277 e. The molecule has 0 radical (unpaired) electrons. The first-order valence-corrected chi connectivity index (χ1v) is 22.5. The van der Waals surface area contributed by atoms with E-state index in [-0.39, 0.29) is 31.1 Å². The summed E-state index contributed by atoms with van der Waals surface area (Å²) in [5, 5.41) is 24.3. The number of ether oxygens (including phenoxy) is 4. The molecule has 1 saturated heterocycles. The summed E-state index contributed by atoms with van der Waals surface area (Å²) in [5.74, 6) is 0.868. The molecule has 8 rings (SSSR count). The van der Waals surface area contributed by atoms with Gasteiger partial charge in [-0.15, -0.1) is 21.5 Å². The number of hydrogen-bond acceptors (Lipinski definition) is 14. The number of nitrogens with zero attached hydrogens (tertiary/aromatic N) is 6. The van der Waals surface area contributed by atoms with Gasteiger partial charge in [0.15, 0.2) is 5.82 Å². The number of amides is 3. The number of anilines is 2. The number of fused-ring (bicyclic) bond motifs is 4. The fraction of sp³-hybridized carbons (Fsp3) is 0.348. The van der Waals surface area contributed by atoms with Crippen LogP contribution in [0.4, 0.5) is 11.4 Å². The van der Waals surface area contributed by atoms with Crippen molar-refractivity contribution < 1.29 is 33.3 Å². The van der Waals surface area contributed by atoms with E-state index in [1.54, 1.807) is 53.9 Å². The molecule has 0 saturated carbocycles. The van der Waals surface area contributed by atoms with Gasteiger partial charge in [-0.3, -0.25) is 34.1 Å². The van der Waals surface area contributed by atoms with Crippen LogP contribution in [-0.2, 0) is 28.6 Å². The second-order valence-corrected chi connectivity index (χ2v) is 17.1. The van der Waals surface area contributed by atoms with Crippen molar-refractivity contribution in [2.75, 3.05) is 63.4 Å². The highest BCUT2D eigenvalue weighted by molar-refractivity contribution is 7.15. The molecule has 3 N–H and O–H groups in total. The van der Waals surface area contributed by atoms with E-state index >= 15 is 0 Å². The minimum absolute atomic E-state index is 0.0558. The molecule has 2 aliphatic rings. The van der Waals surface area contributed by atoms with Gasteiger partial charge < -0.3 is 29.6 Å². The maximum atomic E-state index is 13.5. The van der Waals surface area contributed by atoms with Crippen LogP contribution in [0.25, 0.3) is 15.8 Å². The predicted molar refractivity (Wildman–Crippen MR) is 247 cm³/mol. The van der Waals surface area contributed by atoms with Gasteiger partial charge in [0.05, 0.1) is 63.4 Å². The molecule has 0 bridgehead atoms. The van der Waals surface area contributed by atoms with Crippen molar-refractivity contribution >= 4 is 68.5 Å². The third kappa shape index (κ3) is 10.5. The molecular weight excluding hydrogens is 874 g/mol. The van der Waals surface area contributed by atoms with Crippen LogP contribution < -0.4 is 26.2 Å². The van der Waals surface area contributed by atoms with E-state index in [1.165, 1.54) is 4.88 Å². The lowest BCUT2D eigenvalue weighted by molar-refractivity contribution is -0.136. The van der Waals surface area contributed by atoms with E-state index in [1.807, 2.05) is 41.8 Å². The lowest BCUT2D eigenvalue weighted by Gasteiger charge is -2.22. The Labute approximate surface area is 383 Å². The third-order valence-electron chi connectivity index (χ3n) is 11.0. The number of carbonyl (C=O) groups excluding carboxylic acids is 3. The molecule has 3 aromatic carbocycles. The van der Waals surface area contributed by atoms with Gasteiger partial charge in [0, 0.05) is 50.8 Å². The van der Waals surface area contributed by atoms with E-state index in [0.29, 0.717) is 91.5 Å². The van der Waals surface area contributed by atoms with Gasteiger partial charge in [-0.05, 0) is 75.2 Å². The molecule has 1 fully saturated rings. The smallest absolute Gasteiger partial charge is 0.277 e. The number of rotatable bonds is 19. The highest BCUT2D eigenvalue weighted by Crippen LogP contribution is 2.40. The van der Waals surface area contributed by atoms with E-state index in [4.69, 9.17) is 35.5 Å². The Morgan fingerprint density at radius 1 is 0.892 bits per heavy atom. The van der Waals surface area contributed by atoms with Gasteiger partial charge in [-0.25, -0.2) is 4.68 Å². The van der Waals surface area contributed by atoms with Crippen molar-refractivity contribution in [3.8, 4) is 10.8 Å². The lowest BCUT2D eigenvalue weighted by Crippen LogP contribution is -2.45. The molecule has 6 aromatic rings. The van der Waals surface area contributed by atoms with E-state index in [0.717, 1.165) is 37.9 Å². The fourth-order valence-electron chi connectivity index (χ4n) is 7.67. The minimum Gasteiger partial charge on any atom is -0.491 e. The zero-order chi connectivity index (χ0) is 45.5. The topological polar surface area (TPSA) is 202 Å². The van der Waals surface area contributed by atoms with Crippen molar-refractivity contribution in [1.29, 1.82) is 0 Å². The number of halogens is 1. The summed E-state index contributed by atoms with van der Waals surface area (Å²) in [6.07, 6.45) is 1.96. The third-order valence-corrected chi connectivity index (χ3v) is 12.5. The number of aliphatic imine (C=N–C) groups is 1. The van der Waals surface area contributed by atoms with Gasteiger partial charge in [0.1, 0.15) is 35.3 Å². The van der Waals surface area contributed by atoms with Crippen LogP contribution in [0.3, 0.4) is 0 Å². The number of aryl methyl sites for hydroxylation is 2. The van der Waals surface area contributed by atoms with E-state index in [2.05, 4.69) is 45.1 Å². The molecule has 65 heavy (non-hydrogen) atoms. The van der Waals surface area contributed by atoms with Crippen LogP contribution in [0.5, 0.6) is 5.75 Å². The summed E-state index contributed by atoms with van der Waals surface area (Å²) < 4.78 is 26.0. The number of hydrogen-bond donors (Lipinski definition) is 3. The summed E-state index contributed by atoms with van der Waals surface area (Å²) in [7, 11) is 0. The first-order chi connectivity index (χ1) is 31.5. The highest BCUT2D eigenvalue weighted by atomic mass is 35.5. The molecule has 1 unspecified atom stereocenters. The van der Waals surface area contributed by atoms with Gasteiger partial charge in [0.25, 0.3) is 11.5 Å². The van der Waals surface area contributed by atoms with Gasteiger partial charge in [-0.1, -0.05) is 35.9 Å². The second-order valence-electron chi connectivity index (χ2n) is 15.4. The summed E-state index contributed by atoms with van der Waals surface area (Å²) in [6.45, 7) is 9.13. The summed E-state index contributed by atoms with van der Waals surface area (Å²) in [6, 6.07) is 18.7. The van der Waals surface area contributed by atoms with Crippen LogP contribution in [0.2, 0.25) is 5.02 Å². The van der Waals surface area contributed by atoms with Crippen LogP contribution in [0.1, 0.15) is 64.6 Å². The molecular formula is C46H48ClN9O8S. The number of piperidine rings is 1. The molecule has 0 aliphatic carbocycles. The molecule has 338 valence electrons. The highest BCUT2D eigenvalue weighted by Gasteiger charge is 2.33. The maximum absolute atomic E-state index is 13.5. The van der Waals surface area contributed by atoms with Crippen molar-refractivity contribution in [3.63, 3.8) is 0 Å². The zero-order valence-corrected chi connectivity index (χ0v) is 37.7. The van der Waals surface area contributed by atoms with E-state index in [9.17, 15) is 19.2 Å². The minimum atomic E-state index is -0.841. The Balaban J connectivity index is 0.725. The summed E-state index contributed by atoms with van der Waals surface area (Å²) in [4.78, 5) is 57.2. The Morgan fingerprint density at radius 2 is 1.62 bits per heavy atom. The summed E-state index contributed by atoms with van der Waals surface area (Å²) >= 11 is 7.90. The quantitative estimate of drug-likeness (QED) is 0.0628. The number of carbonyl (C=O) groups is 3. The Hall–Kier alpha value is -6.31. The number of thiophene rings is 1. The molecule has 19 heteroatoms. The van der Waals surface area contributed by atoms with E-state index < -0.39 is 23.6 Å². The summed E-state index contributed by atoms with van der Waals surface area (Å²) in [5.41, 5.74) is 4.64. The van der Waals surface area contributed by atoms with Gasteiger partial charge in [-0.2, -0.15) is 5.10 Å². The van der Waals surface area contributed by atoms with Crippen molar-refractivity contribution in [1.82, 2.24) is 29.9 Å². The molecule has 5 heterocycles. The fourth-order valence-corrected chi connectivity index (χ4v) is 9.01. The van der Waals surface area contributed by atoms with Crippen LogP contribution in [-0.4, -0.2) is 101 Å². The first-order valence-electron chi connectivity index (χ1n) is 21.3. The lowest BCUT2D eigenvalue weighted by atomic mass is 9.99. The van der Waals surface area contributed by atoms with Crippen LogP contribution in [0.15, 0.2) is 82.7 Å². The van der Waals surface area contributed by atoms with Crippen LogP contribution in [0, 0.1) is 20.8 Å².